The highest BCUT2D eigenvalue weighted by Gasteiger charge is 2.50. The summed E-state index contributed by atoms with van der Waals surface area (Å²) in [6.07, 6.45) is 6.95. The molecule has 7 atom stereocenters. The molecular formula is C25H40FN3O4S. The summed E-state index contributed by atoms with van der Waals surface area (Å²) in [7, 11) is -3.31. The number of carbonyl (C=O) groups is 2. The molecule has 5 aliphatic rings. The normalized spacial score (nSPS) is 41.1. The fraction of sp³-hybridized carbons (Fsp3) is 0.920. The predicted octanol–water partition coefficient (Wildman–Crippen LogP) is 2.95. The van der Waals surface area contributed by atoms with E-state index in [1.165, 1.54) is 4.31 Å². The quantitative estimate of drug-likeness (QED) is 0.601. The van der Waals surface area contributed by atoms with Crippen molar-refractivity contribution in [2.24, 2.45) is 17.8 Å². The first kappa shape index (κ1) is 24.5. The minimum atomic E-state index is -3.31. The molecule has 0 bridgehead atoms. The van der Waals surface area contributed by atoms with Gasteiger partial charge in [-0.1, -0.05) is 6.42 Å². The van der Waals surface area contributed by atoms with Crippen LogP contribution < -0.4 is 0 Å². The topological polar surface area (TPSA) is 78.0 Å². The Balaban J connectivity index is 1.29. The van der Waals surface area contributed by atoms with Crippen molar-refractivity contribution >= 4 is 21.8 Å². The van der Waals surface area contributed by atoms with Crippen LogP contribution in [-0.4, -0.2) is 83.5 Å². The summed E-state index contributed by atoms with van der Waals surface area (Å²) >= 11 is 0. The minimum Gasteiger partial charge on any atom is -0.335 e. The zero-order valence-corrected chi connectivity index (χ0v) is 21.4. The number of hydrogen-bond donors (Lipinski definition) is 0. The molecule has 0 N–H and O–H groups in total. The van der Waals surface area contributed by atoms with E-state index in [4.69, 9.17) is 0 Å². The van der Waals surface area contributed by atoms with Crippen molar-refractivity contribution in [3.63, 3.8) is 0 Å². The van der Waals surface area contributed by atoms with Crippen LogP contribution in [0.1, 0.15) is 78.1 Å². The van der Waals surface area contributed by atoms with Crippen molar-refractivity contribution in [3.05, 3.63) is 0 Å². The molecule has 0 radical (unpaired) electrons. The average Bonchev–Trinajstić information content (AvgIpc) is 3.09. The average molecular weight is 498 g/mol. The molecule has 2 saturated heterocycles. The maximum Gasteiger partial charge on any atom is 0.226 e. The fourth-order valence-corrected chi connectivity index (χ4v) is 9.47. The van der Waals surface area contributed by atoms with Crippen LogP contribution in [0.5, 0.6) is 0 Å². The Morgan fingerprint density at radius 1 is 0.882 bits per heavy atom. The lowest BCUT2D eigenvalue weighted by atomic mass is 9.68. The first-order chi connectivity index (χ1) is 16.2. The lowest BCUT2D eigenvalue weighted by Crippen LogP contribution is -2.68. The number of nitrogens with zero attached hydrogens (tertiary/aromatic N) is 3. The molecule has 7 nitrogen and oxygen atoms in total. The van der Waals surface area contributed by atoms with Crippen molar-refractivity contribution < 1.29 is 22.4 Å². The molecule has 192 valence electrons. The number of alkyl halides is 1. The zero-order chi connectivity index (χ0) is 24.2. The second-order valence-corrected chi connectivity index (χ2v) is 13.6. The predicted molar refractivity (Wildman–Crippen MR) is 127 cm³/mol. The molecule has 34 heavy (non-hydrogen) atoms. The van der Waals surface area contributed by atoms with Gasteiger partial charge in [0.05, 0.1) is 23.9 Å². The lowest BCUT2D eigenvalue weighted by Gasteiger charge is -2.56. The van der Waals surface area contributed by atoms with Crippen LogP contribution in [0, 0.1) is 17.8 Å². The molecule has 2 heterocycles. The zero-order valence-electron chi connectivity index (χ0n) is 20.6. The Morgan fingerprint density at radius 3 is 2.12 bits per heavy atom. The second-order valence-electron chi connectivity index (χ2n) is 11.5. The summed E-state index contributed by atoms with van der Waals surface area (Å²) in [5.74, 6) is 1.13. The van der Waals surface area contributed by atoms with Gasteiger partial charge in [-0.3, -0.25) is 9.59 Å². The van der Waals surface area contributed by atoms with Crippen molar-refractivity contribution in [2.45, 2.75) is 108 Å². The van der Waals surface area contributed by atoms with Crippen molar-refractivity contribution in [1.82, 2.24) is 14.1 Å². The van der Waals surface area contributed by atoms with Gasteiger partial charge in [-0.2, -0.15) is 4.31 Å². The van der Waals surface area contributed by atoms with Gasteiger partial charge >= 0.3 is 0 Å². The SMILES string of the molecule is CC(=O)N1C2CCC(C3CCC(N4CCCS4(=O)=O)C(F)C3)CC2N(C(=O)C2CCC2)C[C@@H]1C. The summed E-state index contributed by atoms with van der Waals surface area (Å²) in [6, 6.07) is -0.427. The smallest absolute Gasteiger partial charge is 0.226 e. The van der Waals surface area contributed by atoms with Crippen LogP contribution in [0.4, 0.5) is 4.39 Å². The molecule has 6 unspecified atom stereocenters. The number of sulfonamides is 1. The summed E-state index contributed by atoms with van der Waals surface area (Å²) in [4.78, 5) is 29.9. The highest BCUT2D eigenvalue weighted by molar-refractivity contribution is 7.89. The highest BCUT2D eigenvalue weighted by Crippen LogP contribution is 2.45. The van der Waals surface area contributed by atoms with Gasteiger partial charge in [0.25, 0.3) is 0 Å². The van der Waals surface area contributed by atoms with Crippen LogP contribution in [0.2, 0.25) is 0 Å². The standard InChI is InChI=1S/C25H40FN3O4S/c1-16-15-27(25(31)18-5-3-6-18)24-14-20(8-10-23(24)29(16)17(2)30)19-7-9-22(21(26)13-19)28-11-4-12-34(28,32)33/h16,18-24H,3-15H2,1-2H3/t16-,19?,20?,21?,22?,23?,24?/m0/s1. The number of piperazine rings is 1. The van der Waals surface area contributed by atoms with Crippen LogP contribution >= 0.6 is 0 Å². The molecule has 9 heteroatoms. The first-order valence-electron chi connectivity index (χ1n) is 13.4. The van der Waals surface area contributed by atoms with Crippen molar-refractivity contribution in [3.8, 4) is 0 Å². The Morgan fingerprint density at radius 2 is 1.56 bits per heavy atom. The molecule has 0 spiro atoms. The number of rotatable bonds is 3. The summed E-state index contributed by atoms with van der Waals surface area (Å²) < 4.78 is 41.4. The monoisotopic (exact) mass is 497 g/mol. The number of fused-ring (bicyclic) bond motifs is 1. The molecular weight excluding hydrogens is 457 g/mol. The van der Waals surface area contributed by atoms with E-state index in [0.29, 0.717) is 38.3 Å². The van der Waals surface area contributed by atoms with E-state index in [-0.39, 0.29) is 47.5 Å². The molecule has 0 aromatic rings. The van der Waals surface area contributed by atoms with Gasteiger partial charge < -0.3 is 9.80 Å². The van der Waals surface area contributed by atoms with Gasteiger partial charge in [0.15, 0.2) is 0 Å². The summed E-state index contributed by atoms with van der Waals surface area (Å²) in [6.45, 7) is 4.72. The Labute approximate surface area is 203 Å². The molecule has 0 aromatic heterocycles. The van der Waals surface area contributed by atoms with E-state index in [9.17, 15) is 18.0 Å². The van der Waals surface area contributed by atoms with E-state index in [0.717, 1.165) is 44.9 Å². The first-order valence-corrected chi connectivity index (χ1v) is 15.0. The van der Waals surface area contributed by atoms with Crippen LogP contribution in [-0.2, 0) is 19.6 Å². The van der Waals surface area contributed by atoms with Gasteiger partial charge in [-0.05, 0) is 76.5 Å². The third-order valence-corrected chi connectivity index (χ3v) is 11.5. The van der Waals surface area contributed by atoms with Crippen molar-refractivity contribution in [1.29, 1.82) is 0 Å². The number of hydrogen-bond acceptors (Lipinski definition) is 4. The van der Waals surface area contributed by atoms with Gasteiger partial charge in [0.2, 0.25) is 21.8 Å². The Hall–Kier alpha value is -1.22. The fourth-order valence-electron chi connectivity index (χ4n) is 7.69. The Bertz CT molecular complexity index is 910. The van der Waals surface area contributed by atoms with Gasteiger partial charge in [-0.15, -0.1) is 0 Å². The molecule has 5 rings (SSSR count). The van der Waals surface area contributed by atoms with Gasteiger partial charge in [0, 0.05) is 32.0 Å². The number of halogens is 1. The van der Waals surface area contributed by atoms with E-state index in [2.05, 4.69) is 4.90 Å². The van der Waals surface area contributed by atoms with Crippen molar-refractivity contribution in [2.75, 3.05) is 18.8 Å². The second kappa shape index (κ2) is 9.34. The summed E-state index contributed by atoms with van der Waals surface area (Å²) in [5.41, 5.74) is 0. The van der Waals surface area contributed by atoms with Gasteiger partial charge in [0.1, 0.15) is 6.17 Å². The maximum atomic E-state index is 15.3. The van der Waals surface area contributed by atoms with Crippen LogP contribution in [0.15, 0.2) is 0 Å². The molecule has 3 saturated carbocycles. The summed E-state index contributed by atoms with van der Waals surface area (Å²) in [5, 5.41) is 0. The van der Waals surface area contributed by atoms with Crippen LogP contribution in [0.25, 0.3) is 0 Å². The van der Waals surface area contributed by atoms with Gasteiger partial charge in [-0.25, -0.2) is 12.8 Å². The number of carbonyl (C=O) groups excluding carboxylic acids is 2. The molecule has 5 fully saturated rings. The highest BCUT2D eigenvalue weighted by atomic mass is 32.2. The van der Waals surface area contributed by atoms with Crippen LogP contribution in [0.3, 0.4) is 0 Å². The van der Waals surface area contributed by atoms with E-state index < -0.39 is 22.2 Å². The molecule has 2 amide bonds. The van der Waals surface area contributed by atoms with E-state index in [1.54, 1.807) is 6.92 Å². The number of amides is 2. The molecule has 0 aromatic carbocycles. The third kappa shape index (κ3) is 4.29. The largest absolute Gasteiger partial charge is 0.335 e. The molecule has 3 aliphatic carbocycles. The maximum absolute atomic E-state index is 15.3. The van der Waals surface area contributed by atoms with E-state index in [1.807, 2.05) is 11.8 Å². The Kier molecular flexibility index (Phi) is 6.72. The molecule has 2 aliphatic heterocycles. The lowest BCUT2D eigenvalue weighted by molar-refractivity contribution is -0.159. The minimum absolute atomic E-state index is 0.0155. The van der Waals surface area contributed by atoms with E-state index >= 15 is 4.39 Å². The third-order valence-electron chi connectivity index (χ3n) is 9.57.